The molecule has 114 valence electrons. The lowest BCUT2D eigenvalue weighted by Gasteiger charge is -2.31. The van der Waals surface area contributed by atoms with Crippen molar-refractivity contribution < 1.29 is 0 Å². The van der Waals surface area contributed by atoms with Crippen LogP contribution in [-0.2, 0) is 19.4 Å². The minimum atomic E-state index is 0.750. The van der Waals surface area contributed by atoms with Crippen molar-refractivity contribution in [2.75, 3.05) is 13.6 Å². The van der Waals surface area contributed by atoms with Gasteiger partial charge in [-0.3, -0.25) is 4.68 Å². The molecule has 0 saturated heterocycles. The predicted octanol–water partition coefficient (Wildman–Crippen LogP) is 3.69. The van der Waals surface area contributed by atoms with Crippen LogP contribution in [0.4, 0.5) is 0 Å². The molecule has 0 aromatic carbocycles. The van der Waals surface area contributed by atoms with Gasteiger partial charge < -0.3 is 5.32 Å². The van der Waals surface area contributed by atoms with Crippen molar-refractivity contribution in [3.8, 4) is 0 Å². The first-order chi connectivity index (χ1) is 9.71. The molecule has 1 heterocycles. The van der Waals surface area contributed by atoms with E-state index in [1.54, 1.807) is 0 Å². The summed E-state index contributed by atoms with van der Waals surface area (Å²) < 4.78 is 2.12. The quantitative estimate of drug-likeness (QED) is 0.868. The van der Waals surface area contributed by atoms with Crippen molar-refractivity contribution in [3.63, 3.8) is 0 Å². The third-order valence-corrected chi connectivity index (χ3v) is 5.12. The zero-order chi connectivity index (χ0) is 14.5. The summed E-state index contributed by atoms with van der Waals surface area (Å²) in [4.78, 5) is 0. The van der Waals surface area contributed by atoms with E-state index in [0.29, 0.717) is 0 Å². The number of hydrogen-bond donors (Lipinski definition) is 1. The molecule has 3 nitrogen and oxygen atoms in total. The molecule has 0 spiro atoms. The maximum Gasteiger partial charge on any atom is 0.0849 e. The summed E-state index contributed by atoms with van der Waals surface area (Å²) >= 11 is 6.55. The number of hydrogen-bond acceptors (Lipinski definition) is 2. The molecule has 1 aromatic rings. The topological polar surface area (TPSA) is 29.9 Å². The average Bonchev–Trinajstić information content (AvgIpc) is 2.77. The highest BCUT2D eigenvalue weighted by atomic mass is 35.5. The summed E-state index contributed by atoms with van der Waals surface area (Å²) in [6.45, 7) is 6.32. The summed E-state index contributed by atoms with van der Waals surface area (Å²) in [6, 6.07) is 0. The van der Waals surface area contributed by atoms with E-state index in [-0.39, 0.29) is 0 Å². The Morgan fingerprint density at radius 1 is 1.25 bits per heavy atom. The number of aryl methyl sites for hydroxylation is 2. The minimum Gasteiger partial charge on any atom is -0.319 e. The van der Waals surface area contributed by atoms with Crippen LogP contribution in [0.15, 0.2) is 0 Å². The number of halogens is 1. The fourth-order valence-corrected chi connectivity index (χ4v) is 3.89. The Morgan fingerprint density at radius 2 is 1.95 bits per heavy atom. The smallest absolute Gasteiger partial charge is 0.0849 e. The lowest BCUT2D eigenvalue weighted by molar-refractivity contribution is 0.228. The van der Waals surface area contributed by atoms with Gasteiger partial charge in [-0.05, 0) is 58.0 Å². The maximum absolute atomic E-state index is 6.55. The second-order valence-electron chi connectivity index (χ2n) is 5.94. The molecule has 1 aromatic heterocycles. The van der Waals surface area contributed by atoms with E-state index in [2.05, 4.69) is 36.0 Å². The second-order valence-corrected chi connectivity index (χ2v) is 6.32. The molecule has 2 unspecified atom stereocenters. The molecule has 1 aliphatic carbocycles. The maximum atomic E-state index is 6.55. The summed E-state index contributed by atoms with van der Waals surface area (Å²) in [5.41, 5.74) is 2.32. The first kappa shape index (κ1) is 15.8. The molecular formula is C16H28ClN3. The molecule has 1 fully saturated rings. The Kier molecular flexibility index (Phi) is 5.91. The first-order valence-corrected chi connectivity index (χ1v) is 8.47. The molecule has 2 rings (SSSR count). The molecule has 1 aliphatic rings. The second kappa shape index (κ2) is 7.46. The third kappa shape index (κ3) is 3.37. The summed E-state index contributed by atoms with van der Waals surface area (Å²) in [7, 11) is 2.06. The highest BCUT2D eigenvalue weighted by molar-refractivity contribution is 6.31. The number of nitrogens with zero attached hydrogens (tertiary/aromatic N) is 2. The van der Waals surface area contributed by atoms with E-state index in [4.69, 9.17) is 11.6 Å². The molecule has 0 aliphatic heterocycles. The Morgan fingerprint density at radius 3 is 2.55 bits per heavy atom. The van der Waals surface area contributed by atoms with E-state index in [9.17, 15) is 0 Å². The van der Waals surface area contributed by atoms with Crippen LogP contribution in [0.5, 0.6) is 0 Å². The number of rotatable bonds is 6. The van der Waals surface area contributed by atoms with Crippen LogP contribution >= 0.6 is 11.6 Å². The van der Waals surface area contributed by atoms with Crippen LogP contribution in [0.25, 0.3) is 0 Å². The van der Waals surface area contributed by atoms with Gasteiger partial charge in [0.15, 0.2) is 0 Å². The van der Waals surface area contributed by atoms with E-state index in [0.717, 1.165) is 48.5 Å². The van der Waals surface area contributed by atoms with Gasteiger partial charge in [0.1, 0.15) is 0 Å². The van der Waals surface area contributed by atoms with E-state index in [1.807, 2.05) is 0 Å². The Hall–Kier alpha value is -0.540. The molecule has 0 bridgehead atoms. The van der Waals surface area contributed by atoms with E-state index in [1.165, 1.54) is 31.4 Å². The van der Waals surface area contributed by atoms with Crippen molar-refractivity contribution >= 4 is 11.6 Å². The summed E-state index contributed by atoms with van der Waals surface area (Å²) in [6.07, 6.45) is 7.44. The Labute approximate surface area is 128 Å². The lowest BCUT2D eigenvalue weighted by atomic mass is 9.77. The molecule has 0 amide bonds. The van der Waals surface area contributed by atoms with Gasteiger partial charge in [0.05, 0.1) is 16.4 Å². The van der Waals surface area contributed by atoms with Gasteiger partial charge in [-0.15, -0.1) is 0 Å². The highest BCUT2D eigenvalue weighted by Crippen LogP contribution is 2.34. The standard InChI is InChI=1S/C16H28ClN3/c1-4-14-16(17)15(20(5-2)19-14)10-12-8-6-7-9-13(12)11-18-3/h12-13,18H,4-11H2,1-3H3. The average molecular weight is 298 g/mol. The van der Waals surface area contributed by atoms with Crippen LogP contribution in [-0.4, -0.2) is 23.4 Å². The first-order valence-electron chi connectivity index (χ1n) is 8.09. The zero-order valence-corrected chi connectivity index (χ0v) is 13.8. The number of nitrogens with one attached hydrogen (secondary N) is 1. The molecular weight excluding hydrogens is 270 g/mol. The Bertz CT molecular complexity index is 426. The van der Waals surface area contributed by atoms with Gasteiger partial charge in [-0.2, -0.15) is 5.10 Å². The lowest BCUT2D eigenvalue weighted by Crippen LogP contribution is -2.30. The van der Waals surface area contributed by atoms with Gasteiger partial charge in [0, 0.05) is 6.54 Å². The molecule has 20 heavy (non-hydrogen) atoms. The number of aromatic nitrogens is 2. The van der Waals surface area contributed by atoms with Gasteiger partial charge in [-0.25, -0.2) is 0 Å². The predicted molar refractivity (Wildman–Crippen MR) is 85.4 cm³/mol. The Balaban J connectivity index is 2.17. The van der Waals surface area contributed by atoms with Crippen molar-refractivity contribution in [1.29, 1.82) is 0 Å². The van der Waals surface area contributed by atoms with Gasteiger partial charge in [0.2, 0.25) is 0 Å². The van der Waals surface area contributed by atoms with Gasteiger partial charge in [0.25, 0.3) is 0 Å². The van der Waals surface area contributed by atoms with Crippen LogP contribution in [0.3, 0.4) is 0 Å². The molecule has 0 radical (unpaired) electrons. The minimum absolute atomic E-state index is 0.750. The molecule has 4 heteroatoms. The monoisotopic (exact) mass is 297 g/mol. The van der Waals surface area contributed by atoms with Crippen molar-refractivity contribution in [1.82, 2.24) is 15.1 Å². The van der Waals surface area contributed by atoms with Gasteiger partial charge in [-0.1, -0.05) is 31.4 Å². The van der Waals surface area contributed by atoms with Crippen molar-refractivity contribution in [3.05, 3.63) is 16.4 Å². The van der Waals surface area contributed by atoms with Crippen LogP contribution in [0.1, 0.15) is 50.9 Å². The molecule has 1 saturated carbocycles. The third-order valence-electron chi connectivity index (χ3n) is 4.68. The fraction of sp³-hybridized carbons (Fsp3) is 0.812. The largest absolute Gasteiger partial charge is 0.319 e. The summed E-state index contributed by atoms with van der Waals surface area (Å²) in [5, 5.41) is 8.93. The van der Waals surface area contributed by atoms with Crippen LogP contribution in [0, 0.1) is 11.8 Å². The fourth-order valence-electron chi connectivity index (χ4n) is 3.54. The normalized spacial score (nSPS) is 23.2. The highest BCUT2D eigenvalue weighted by Gasteiger charge is 2.27. The van der Waals surface area contributed by atoms with Crippen molar-refractivity contribution in [2.24, 2.45) is 11.8 Å². The zero-order valence-electron chi connectivity index (χ0n) is 13.1. The van der Waals surface area contributed by atoms with Crippen LogP contribution < -0.4 is 5.32 Å². The SMILES string of the molecule is CCc1nn(CC)c(CC2CCCCC2CNC)c1Cl. The van der Waals surface area contributed by atoms with Crippen LogP contribution in [0.2, 0.25) is 5.02 Å². The van der Waals surface area contributed by atoms with E-state index >= 15 is 0 Å². The molecule has 1 N–H and O–H groups in total. The van der Waals surface area contributed by atoms with Gasteiger partial charge >= 0.3 is 0 Å². The summed E-state index contributed by atoms with van der Waals surface area (Å²) in [5.74, 6) is 1.54. The van der Waals surface area contributed by atoms with E-state index < -0.39 is 0 Å². The molecule has 2 atom stereocenters. The van der Waals surface area contributed by atoms with Crippen molar-refractivity contribution in [2.45, 2.75) is 58.9 Å².